The van der Waals surface area contributed by atoms with E-state index in [1.54, 1.807) is 11.3 Å². The molecule has 188 valence electrons. The van der Waals surface area contributed by atoms with E-state index in [2.05, 4.69) is 68.5 Å². The minimum absolute atomic E-state index is 0.00522. The number of pyridine rings is 1. The fraction of sp³-hybridized carbons (Fsp3) is 0.367. The summed E-state index contributed by atoms with van der Waals surface area (Å²) in [5, 5.41) is 7.53. The molecule has 1 saturated carbocycles. The fourth-order valence-corrected chi connectivity index (χ4v) is 6.94. The average molecular weight is 510 g/mol. The van der Waals surface area contributed by atoms with Crippen molar-refractivity contribution in [2.45, 2.75) is 50.2 Å². The summed E-state index contributed by atoms with van der Waals surface area (Å²) in [6.07, 6.45) is 8.04. The number of amides is 1. The molecule has 2 aromatic carbocycles. The van der Waals surface area contributed by atoms with Gasteiger partial charge in [-0.25, -0.2) is 4.98 Å². The van der Waals surface area contributed by atoms with Gasteiger partial charge in [-0.3, -0.25) is 14.7 Å². The number of piperazine rings is 1. The van der Waals surface area contributed by atoms with Gasteiger partial charge in [0.25, 0.3) is 5.91 Å². The zero-order chi connectivity index (χ0) is 25.1. The number of fused-ring (bicyclic) bond motifs is 3. The van der Waals surface area contributed by atoms with E-state index < -0.39 is 0 Å². The third-order valence-corrected chi connectivity index (χ3v) is 9.52. The molecule has 0 radical (unpaired) electrons. The van der Waals surface area contributed by atoms with Crippen molar-refractivity contribution in [2.24, 2.45) is 0 Å². The Hall–Kier alpha value is -3.29. The van der Waals surface area contributed by atoms with Gasteiger partial charge in [0.15, 0.2) is 0 Å². The lowest BCUT2D eigenvalue weighted by Gasteiger charge is -2.40. The topological polar surface area (TPSA) is 61.4 Å². The first-order valence-electron chi connectivity index (χ1n) is 13.2. The molecule has 2 atom stereocenters. The van der Waals surface area contributed by atoms with Crippen LogP contribution in [0, 0.1) is 6.92 Å². The Morgan fingerprint density at radius 1 is 1.05 bits per heavy atom. The molecule has 2 aliphatic heterocycles. The van der Waals surface area contributed by atoms with Crippen molar-refractivity contribution in [3.63, 3.8) is 0 Å². The van der Waals surface area contributed by atoms with Crippen molar-refractivity contribution < 1.29 is 4.79 Å². The van der Waals surface area contributed by atoms with Crippen LogP contribution in [0.15, 0.2) is 60.2 Å². The first kappa shape index (κ1) is 22.9. The summed E-state index contributed by atoms with van der Waals surface area (Å²) in [5.74, 6) is 0.00522. The molecule has 2 saturated heterocycles. The molecule has 3 fully saturated rings. The van der Waals surface area contributed by atoms with E-state index in [0.717, 1.165) is 69.8 Å². The Morgan fingerprint density at radius 3 is 2.59 bits per heavy atom. The lowest BCUT2D eigenvalue weighted by atomic mass is 9.95. The van der Waals surface area contributed by atoms with Crippen LogP contribution in [-0.2, 0) is 5.54 Å². The predicted molar refractivity (Wildman–Crippen MR) is 149 cm³/mol. The van der Waals surface area contributed by atoms with Crippen LogP contribution >= 0.6 is 11.3 Å². The van der Waals surface area contributed by atoms with Crippen molar-refractivity contribution in [1.82, 2.24) is 20.2 Å². The van der Waals surface area contributed by atoms with E-state index in [-0.39, 0.29) is 11.4 Å². The summed E-state index contributed by atoms with van der Waals surface area (Å²) in [7, 11) is 2.26. The highest BCUT2D eigenvalue weighted by molar-refractivity contribution is 7.13. The minimum Gasteiger partial charge on any atom is -0.368 e. The SMILES string of the molecule is Cc1ccc(N2CC3CCC(C2)N3C)cc1C(=O)NC1(c2cc(-c3nccs3)cc3ncccc23)CC1. The quantitative estimate of drug-likeness (QED) is 0.392. The summed E-state index contributed by atoms with van der Waals surface area (Å²) in [5.41, 5.74) is 5.70. The Bertz CT molecular complexity index is 1480. The van der Waals surface area contributed by atoms with Crippen LogP contribution < -0.4 is 10.2 Å². The fourth-order valence-electron chi connectivity index (χ4n) is 6.32. The van der Waals surface area contributed by atoms with Crippen molar-refractivity contribution in [2.75, 3.05) is 25.0 Å². The van der Waals surface area contributed by atoms with Gasteiger partial charge in [0, 0.05) is 65.1 Å². The molecule has 6 nitrogen and oxygen atoms in total. The number of thiazole rings is 1. The number of aromatic nitrogens is 2. The summed E-state index contributed by atoms with van der Waals surface area (Å²) in [6, 6.07) is 16.0. The summed E-state index contributed by atoms with van der Waals surface area (Å²) >= 11 is 1.62. The van der Waals surface area contributed by atoms with E-state index in [1.165, 1.54) is 12.8 Å². The highest BCUT2D eigenvalue weighted by Crippen LogP contribution is 2.49. The molecule has 1 aliphatic carbocycles. The standard InChI is InChI=1S/C30H31N5OS/c1-19-5-6-21(35-17-22-7-8-23(18-35)34(22)2)16-25(19)28(36)33-30(9-10-30)26-14-20(29-32-12-13-37-29)15-27-24(26)4-3-11-31-27/h3-6,11-16,22-23H,7-10,17-18H2,1-2H3,(H,33,36). The monoisotopic (exact) mass is 509 g/mol. The van der Waals surface area contributed by atoms with Gasteiger partial charge >= 0.3 is 0 Å². The molecule has 37 heavy (non-hydrogen) atoms. The van der Waals surface area contributed by atoms with Gasteiger partial charge in [-0.15, -0.1) is 11.3 Å². The van der Waals surface area contributed by atoms with Crippen molar-refractivity contribution in [1.29, 1.82) is 0 Å². The number of likely N-dealkylation sites (N-methyl/N-ethyl adjacent to an activating group) is 1. The Kier molecular flexibility index (Phi) is 5.34. The molecule has 0 spiro atoms. The van der Waals surface area contributed by atoms with E-state index in [9.17, 15) is 4.79 Å². The molecule has 4 heterocycles. The zero-order valence-electron chi connectivity index (χ0n) is 21.3. The lowest BCUT2D eigenvalue weighted by Crippen LogP contribution is -2.52. The summed E-state index contributed by atoms with van der Waals surface area (Å²) in [4.78, 5) is 28.0. The number of carbonyl (C=O) groups excluding carboxylic acids is 1. The van der Waals surface area contributed by atoms with Gasteiger partial charge < -0.3 is 10.2 Å². The van der Waals surface area contributed by atoms with Gasteiger partial charge in [-0.05, 0) is 81.1 Å². The van der Waals surface area contributed by atoms with Crippen molar-refractivity contribution in [3.05, 3.63) is 76.9 Å². The van der Waals surface area contributed by atoms with E-state index in [0.29, 0.717) is 12.1 Å². The molecule has 2 aromatic heterocycles. The second kappa shape index (κ2) is 8.64. The maximum Gasteiger partial charge on any atom is 0.252 e. The number of benzene rings is 2. The molecule has 7 heteroatoms. The first-order valence-corrected chi connectivity index (χ1v) is 14.1. The molecule has 2 bridgehead atoms. The Balaban J connectivity index is 1.21. The molecule has 4 aromatic rings. The number of nitrogens with zero attached hydrogens (tertiary/aromatic N) is 4. The highest BCUT2D eigenvalue weighted by atomic mass is 32.1. The van der Waals surface area contributed by atoms with Crippen molar-refractivity contribution in [3.8, 4) is 10.6 Å². The van der Waals surface area contributed by atoms with E-state index in [4.69, 9.17) is 0 Å². The third kappa shape index (κ3) is 3.92. The van der Waals surface area contributed by atoms with Crippen molar-refractivity contribution >= 4 is 33.8 Å². The molecule has 7 rings (SSSR count). The smallest absolute Gasteiger partial charge is 0.252 e. The van der Waals surface area contributed by atoms with Crippen LogP contribution in [0.2, 0.25) is 0 Å². The first-order chi connectivity index (χ1) is 18.0. The maximum atomic E-state index is 13.8. The summed E-state index contributed by atoms with van der Waals surface area (Å²) < 4.78 is 0. The van der Waals surface area contributed by atoms with Gasteiger partial charge in [-0.2, -0.15) is 0 Å². The molecule has 1 amide bonds. The summed E-state index contributed by atoms with van der Waals surface area (Å²) in [6.45, 7) is 4.10. The number of hydrogen-bond acceptors (Lipinski definition) is 6. The van der Waals surface area contributed by atoms with Gasteiger partial charge in [0.05, 0.1) is 11.1 Å². The van der Waals surface area contributed by atoms with Gasteiger partial charge in [0.2, 0.25) is 0 Å². The predicted octanol–water partition coefficient (Wildman–Crippen LogP) is 5.37. The van der Waals surface area contributed by atoms with E-state index >= 15 is 0 Å². The number of aryl methyl sites for hydroxylation is 1. The third-order valence-electron chi connectivity index (χ3n) is 8.70. The maximum absolute atomic E-state index is 13.8. The Labute approximate surface area is 221 Å². The van der Waals surface area contributed by atoms with Crippen LogP contribution in [0.4, 0.5) is 5.69 Å². The lowest BCUT2D eigenvalue weighted by molar-refractivity contribution is 0.0930. The number of hydrogen-bond donors (Lipinski definition) is 1. The Morgan fingerprint density at radius 2 is 1.86 bits per heavy atom. The van der Waals surface area contributed by atoms with Crippen LogP contribution in [0.1, 0.15) is 47.2 Å². The van der Waals surface area contributed by atoms with Crippen LogP contribution in [0.25, 0.3) is 21.5 Å². The zero-order valence-corrected chi connectivity index (χ0v) is 22.1. The number of nitrogens with one attached hydrogen (secondary N) is 1. The van der Waals surface area contributed by atoms with Gasteiger partial charge in [0.1, 0.15) is 5.01 Å². The number of carbonyl (C=O) groups is 1. The minimum atomic E-state index is -0.374. The normalized spacial score (nSPS) is 22.4. The molecule has 2 unspecified atom stereocenters. The van der Waals surface area contributed by atoms with Crippen LogP contribution in [-0.4, -0.2) is 53.0 Å². The largest absolute Gasteiger partial charge is 0.368 e. The van der Waals surface area contributed by atoms with E-state index in [1.807, 2.05) is 30.8 Å². The highest BCUT2D eigenvalue weighted by Gasteiger charge is 2.47. The second-order valence-corrected chi connectivity index (χ2v) is 11.8. The second-order valence-electron chi connectivity index (χ2n) is 10.9. The van der Waals surface area contributed by atoms with Crippen LogP contribution in [0.5, 0.6) is 0 Å². The molecular weight excluding hydrogens is 478 g/mol. The molecular formula is C30H31N5OS. The average Bonchev–Trinajstić information content (AvgIpc) is 3.41. The van der Waals surface area contributed by atoms with Gasteiger partial charge in [-0.1, -0.05) is 12.1 Å². The number of anilines is 1. The molecule has 1 N–H and O–H groups in total. The van der Waals surface area contributed by atoms with Crippen LogP contribution in [0.3, 0.4) is 0 Å². The number of rotatable bonds is 5. The molecule has 3 aliphatic rings.